The van der Waals surface area contributed by atoms with Gasteiger partial charge in [-0.1, -0.05) is 251 Å². The summed E-state index contributed by atoms with van der Waals surface area (Å²) in [5, 5.41) is 17.3. The van der Waals surface area contributed by atoms with Crippen molar-refractivity contribution in [2.75, 3.05) is 6.61 Å². The molecular weight excluding hydrogens is 576 g/mol. The molecule has 0 aliphatic carbocycles. The van der Waals surface area contributed by atoms with Crippen molar-refractivity contribution in [1.29, 1.82) is 0 Å². The van der Waals surface area contributed by atoms with Crippen LogP contribution in [0, 0.1) is 0 Å². The van der Waals surface area contributed by atoms with Crippen LogP contribution in [-0.2, 0) is 4.79 Å². The predicted molar refractivity (Wildman–Crippen MR) is 211 cm³/mol. The molecule has 0 aromatic carbocycles. The second-order valence-corrected chi connectivity index (χ2v) is 14.9. The zero-order valence-corrected chi connectivity index (χ0v) is 32.8. The highest BCUT2D eigenvalue weighted by Crippen LogP contribution is 2.16. The van der Waals surface area contributed by atoms with E-state index in [0.717, 1.165) is 19.3 Å². The molecule has 0 amide bonds. The highest BCUT2D eigenvalue weighted by atomic mass is 16.4. The van der Waals surface area contributed by atoms with Crippen molar-refractivity contribution in [3.63, 3.8) is 0 Å². The summed E-state index contributed by atoms with van der Waals surface area (Å²) in [6, 6.07) is 0. The van der Waals surface area contributed by atoms with Gasteiger partial charge in [0, 0.05) is 13.0 Å². The van der Waals surface area contributed by atoms with Crippen LogP contribution in [0.4, 0.5) is 0 Å². The number of hydrogen-bond acceptors (Lipinski definition) is 2. The highest BCUT2D eigenvalue weighted by molar-refractivity contribution is 5.66. The van der Waals surface area contributed by atoms with Gasteiger partial charge in [-0.25, -0.2) is 0 Å². The summed E-state index contributed by atoms with van der Waals surface area (Å²) in [5.74, 6) is -0.651. The number of aliphatic hydroxyl groups excluding tert-OH is 1. The Balaban J connectivity index is 0. The minimum Gasteiger partial charge on any atom is -0.481 e. The van der Waals surface area contributed by atoms with Gasteiger partial charge in [0.25, 0.3) is 0 Å². The van der Waals surface area contributed by atoms with Crippen LogP contribution in [0.3, 0.4) is 0 Å². The van der Waals surface area contributed by atoms with E-state index in [-0.39, 0.29) is 0 Å². The molecule has 0 radical (unpaired) electrons. The monoisotopic (exact) mass is 667 g/mol. The number of carboxylic acids is 1. The largest absolute Gasteiger partial charge is 0.481 e. The van der Waals surface area contributed by atoms with E-state index < -0.39 is 5.97 Å². The first-order chi connectivity index (χ1) is 23.2. The second kappa shape index (κ2) is 47.5. The van der Waals surface area contributed by atoms with Crippen molar-refractivity contribution < 1.29 is 15.0 Å². The number of carboxylic acid groups (broad SMARTS) is 1. The van der Waals surface area contributed by atoms with Crippen LogP contribution in [0.15, 0.2) is 0 Å². The summed E-state index contributed by atoms with van der Waals surface area (Å²) in [4.78, 5) is 10.4. The van der Waals surface area contributed by atoms with Gasteiger partial charge in [0.05, 0.1) is 0 Å². The standard InChI is InChI=1S/C22H44O2.C22H46O/c1-2-3-4-5-6-7-8-9-10-11-12-13-14-15-16-17-18-19-20-21-22(23)24;1-2-3-4-5-6-7-8-9-10-11-12-13-14-15-16-17-18-19-20-21-22-23/h2-21H2,1H3,(H,23,24);23H,2-22H2,1H3. The number of hydrogen-bond donors (Lipinski definition) is 2. The third-order valence-corrected chi connectivity index (χ3v) is 10.0. The summed E-state index contributed by atoms with van der Waals surface area (Å²) < 4.78 is 0. The van der Waals surface area contributed by atoms with Crippen molar-refractivity contribution >= 4 is 5.97 Å². The molecule has 0 aromatic heterocycles. The number of aliphatic carboxylic acids is 1. The predicted octanol–water partition coefficient (Wildman–Crippen LogP) is 15.7. The molecule has 3 heteroatoms. The molecule has 0 aromatic rings. The minimum atomic E-state index is -0.651. The van der Waals surface area contributed by atoms with Crippen molar-refractivity contribution in [2.24, 2.45) is 0 Å². The molecule has 0 spiro atoms. The van der Waals surface area contributed by atoms with Gasteiger partial charge in [-0.05, 0) is 12.8 Å². The van der Waals surface area contributed by atoms with Gasteiger partial charge in [0.15, 0.2) is 0 Å². The Hall–Kier alpha value is -0.570. The Morgan fingerprint density at radius 2 is 0.468 bits per heavy atom. The van der Waals surface area contributed by atoms with Crippen LogP contribution in [0.25, 0.3) is 0 Å². The first-order valence-corrected chi connectivity index (χ1v) is 22.0. The third kappa shape index (κ3) is 52.4. The average molecular weight is 667 g/mol. The molecule has 0 heterocycles. The van der Waals surface area contributed by atoms with Crippen LogP contribution >= 0.6 is 0 Å². The lowest BCUT2D eigenvalue weighted by Gasteiger charge is -2.03. The quantitative estimate of drug-likeness (QED) is 0.0640. The summed E-state index contributed by atoms with van der Waals surface area (Å²) >= 11 is 0. The van der Waals surface area contributed by atoms with Gasteiger partial charge >= 0.3 is 5.97 Å². The van der Waals surface area contributed by atoms with Crippen molar-refractivity contribution in [1.82, 2.24) is 0 Å². The lowest BCUT2D eigenvalue weighted by molar-refractivity contribution is -0.137. The van der Waals surface area contributed by atoms with Gasteiger partial charge in [-0.3, -0.25) is 4.79 Å². The Morgan fingerprint density at radius 1 is 0.298 bits per heavy atom. The van der Waals surface area contributed by atoms with E-state index >= 15 is 0 Å². The molecule has 0 bridgehead atoms. The van der Waals surface area contributed by atoms with Crippen LogP contribution in [0.2, 0.25) is 0 Å². The molecule has 0 saturated heterocycles. The Morgan fingerprint density at radius 3 is 0.638 bits per heavy atom. The molecule has 3 nitrogen and oxygen atoms in total. The van der Waals surface area contributed by atoms with E-state index in [2.05, 4.69) is 13.8 Å². The molecule has 0 unspecified atom stereocenters. The SMILES string of the molecule is CCCCCCCCCCCCCCCCCCCCCC(=O)O.CCCCCCCCCCCCCCCCCCCCCCO. The molecule has 47 heavy (non-hydrogen) atoms. The minimum absolute atomic E-state index is 0.346. The molecule has 0 aliphatic heterocycles. The summed E-state index contributed by atoms with van der Waals surface area (Å²) in [6.07, 6.45) is 54.2. The second-order valence-electron chi connectivity index (χ2n) is 14.9. The van der Waals surface area contributed by atoms with Crippen LogP contribution in [0.5, 0.6) is 0 Å². The van der Waals surface area contributed by atoms with Crippen LogP contribution < -0.4 is 0 Å². The third-order valence-electron chi connectivity index (χ3n) is 10.0. The molecule has 0 saturated carbocycles. The Labute approximate surface area is 297 Å². The first-order valence-electron chi connectivity index (χ1n) is 22.0. The number of unbranched alkanes of at least 4 members (excludes halogenated alkanes) is 37. The van der Waals surface area contributed by atoms with E-state index in [4.69, 9.17) is 10.2 Å². The summed E-state index contributed by atoms with van der Waals surface area (Å²) in [5.41, 5.74) is 0. The van der Waals surface area contributed by atoms with Gasteiger partial charge in [0.1, 0.15) is 0 Å². The summed E-state index contributed by atoms with van der Waals surface area (Å²) in [6.45, 7) is 4.95. The fraction of sp³-hybridized carbons (Fsp3) is 0.977. The molecule has 2 N–H and O–H groups in total. The smallest absolute Gasteiger partial charge is 0.303 e. The van der Waals surface area contributed by atoms with E-state index in [9.17, 15) is 4.79 Å². The van der Waals surface area contributed by atoms with Gasteiger partial charge in [-0.15, -0.1) is 0 Å². The van der Waals surface area contributed by atoms with Gasteiger partial charge in [-0.2, -0.15) is 0 Å². The fourth-order valence-electron chi connectivity index (χ4n) is 6.72. The molecule has 0 rings (SSSR count). The van der Waals surface area contributed by atoms with Crippen molar-refractivity contribution in [3.8, 4) is 0 Å². The Bertz CT molecular complexity index is 514. The van der Waals surface area contributed by atoms with Gasteiger partial charge < -0.3 is 10.2 Å². The lowest BCUT2D eigenvalue weighted by Crippen LogP contribution is -1.93. The van der Waals surface area contributed by atoms with E-state index in [1.807, 2.05) is 0 Å². The zero-order valence-electron chi connectivity index (χ0n) is 32.8. The number of rotatable bonds is 40. The van der Waals surface area contributed by atoms with Crippen LogP contribution in [-0.4, -0.2) is 22.8 Å². The van der Waals surface area contributed by atoms with Crippen molar-refractivity contribution in [3.05, 3.63) is 0 Å². The summed E-state index contributed by atoms with van der Waals surface area (Å²) in [7, 11) is 0. The fourth-order valence-corrected chi connectivity index (χ4v) is 6.72. The molecular formula is C44H90O3. The van der Waals surface area contributed by atoms with Gasteiger partial charge in [0.2, 0.25) is 0 Å². The van der Waals surface area contributed by atoms with E-state index in [0.29, 0.717) is 13.0 Å². The topological polar surface area (TPSA) is 57.5 Å². The van der Waals surface area contributed by atoms with E-state index in [1.54, 1.807) is 0 Å². The lowest BCUT2D eigenvalue weighted by atomic mass is 10.0. The number of aliphatic hydroxyl groups is 1. The van der Waals surface area contributed by atoms with E-state index in [1.165, 1.54) is 231 Å². The van der Waals surface area contributed by atoms with Crippen LogP contribution in [0.1, 0.15) is 271 Å². The molecule has 284 valence electrons. The normalized spacial score (nSPS) is 11.1. The number of carbonyl (C=O) groups is 1. The first kappa shape index (κ1) is 48.5. The molecule has 0 aliphatic rings. The maximum Gasteiger partial charge on any atom is 0.303 e. The molecule has 0 atom stereocenters. The maximum atomic E-state index is 10.4. The maximum absolute atomic E-state index is 10.4. The zero-order chi connectivity index (χ0) is 34.6. The van der Waals surface area contributed by atoms with Crippen molar-refractivity contribution in [2.45, 2.75) is 271 Å². The molecule has 0 fully saturated rings. The Kier molecular flexibility index (Phi) is 49.1. The highest BCUT2D eigenvalue weighted by Gasteiger charge is 1.98. The average Bonchev–Trinajstić information content (AvgIpc) is 3.07.